The van der Waals surface area contributed by atoms with E-state index in [1.165, 1.54) is 51.0 Å². The molecule has 31 heavy (non-hydrogen) atoms. The molecule has 1 nitrogen and oxygen atoms in total. The summed E-state index contributed by atoms with van der Waals surface area (Å²) in [5.41, 5.74) is 9.83. The van der Waals surface area contributed by atoms with Gasteiger partial charge in [0.15, 0.2) is 0 Å². The smallest absolute Gasteiger partial charge is 1.00 e. The van der Waals surface area contributed by atoms with Crippen molar-refractivity contribution in [3.05, 3.63) is 87.4 Å². The molecule has 6 heteroatoms. The molecule has 0 saturated carbocycles. The maximum absolute atomic E-state index is 6.34. The van der Waals surface area contributed by atoms with E-state index in [9.17, 15) is 0 Å². The van der Waals surface area contributed by atoms with Gasteiger partial charge in [0.05, 0.1) is 0 Å². The number of fused-ring (bicyclic) bond motifs is 6. The second-order valence-electron chi connectivity index (χ2n) is 7.88. The van der Waals surface area contributed by atoms with Crippen molar-refractivity contribution in [1.29, 1.82) is 0 Å². The molecule has 0 spiro atoms. The minimum Gasteiger partial charge on any atom is -1.00 e. The summed E-state index contributed by atoms with van der Waals surface area (Å²) in [5.74, 6) is 0. The Morgan fingerprint density at radius 2 is 1.74 bits per heavy atom. The van der Waals surface area contributed by atoms with Crippen LogP contribution in [0.25, 0.3) is 28.2 Å². The molecule has 0 unspecified atom stereocenters. The van der Waals surface area contributed by atoms with Gasteiger partial charge in [0.25, 0.3) is 0 Å². The van der Waals surface area contributed by atoms with Gasteiger partial charge in [0, 0.05) is 0 Å². The molecular weight excluding hydrogens is 588 g/mol. The third-order valence-electron chi connectivity index (χ3n) is 6.32. The second-order valence-corrected chi connectivity index (χ2v) is 15.5. The fraction of sp³-hybridized carbons (Fsp3) is 0.120. The predicted molar refractivity (Wildman–Crippen MR) is 125 cm³/mol. The van der Waals surface area contributed by atoms with Gasteiger partial charge >= 0.3 is 191 Å². The molecule has 0 aliphatic heterocycles. The number of hydrogen-bond donors (Lipinski definition) is 0. The number of para-hydroxylation sites is 1. The van der Waals surface area contributed by atoms with Gasteiger partial charge < -0.3 is 24.8 Å². The van der Waals surface area contributed by atoms with Crippen molar-refractivity contribution >= 4 is 48.3 Å². The molecule has 0 radical (unpaired) electrons. The maximum atomic E-state index is 6.34. The predicted octanol–water partition coefficient (Wildman–Crippen LogP) is -0.229. The van der Waals surface area contributed by atoms with Gasteiger partial charge in [-0.25, -0.2) is 0 Å². The number of nitrogens with zero attached hydrogens (tertiary/aromatic N) is 1. The fourth-order valence-corrected chi connectivity index (χ4v) is 11.9. The summed E-state index contributed by atoms with van der Waals surface area (Å²) < 4.78 is 6.46. The van der Waals surface area contributed by atoms with Gasteiger partial charge in [0.1, 0.15) is 0 Å². The first-order valence-electron chi connectivity index (χ1n) is 9.85. The van der Waals surface area contributed by atoms with Gasteiger partial charge in [-0.3, -0.25) is 0 Å². The van der Waals surface area contributed by atoms with E-state index in [0.717, 1.165) is 17.3 Å². The molecular formula is C25H18BrCl2NSZr. The first-order valence-corrected chi connectivity index (χ1v) is 16.5. The standard InChI is InChI=1S/C16H11BrN.C9H7.2ClH.S.Zr/c1-18-15-5-3-2-4-13(15)14-9-10-8-11(17)6-7-12(10)16(14)18;1-2-5-9-7-3-6-8(9)4-1;;;;/h2-4,6-8H,9H2,1H3;1-4,7H,6H2;2*1H;;/q;;;;;+2/p-2. The molecule has 4 aromatic rings. The molecule has 1 aromatic heterocycles. The third-order valence-corrected chi connectivity index (χ3v) is 13.9. The van der Waals surface area contributed by atoms with E-state index in [4.69, 9.17) is 8.86 Å². The van der Waals surface area contributed by atoms with Crippen LogP contribution in [0.15, 0.2) is 65.1 Å². The Balaban J connectivity index is 0.00000116. The number of allylic oxidation sites excluding steroid dienone is 1. The molecule has 3 aromatic carbocycles. The zero-order valence-corrected chi connectivity index (χ0v) is 23.1. The van der Waals surface area contributed by atoms with E-state index in [1.807, 2.05) is 0 Å². The molecule has 0 fully saturated rings. The Kier molecular flexibility index (Phi) is 6.61. The molecule has 0 bridgehead atoms. The van der Waals surface area contributed by atoms with E-state index in [-0.39, 0.29) is 24.8 Å². The van der Waals surface area contributed by atoms with E-state index in [2.05, 4.69) is 94.3 Å². The molecule has 0 amide bonds. The number of aromatic nitrogens is 1. The van der Waals surface area contributed by atoms with E-state index in [1.54, 1.807) is 0 Å². The Bertz CT molecular complexity index is 1410. The summed E-state index contributed by atoms with van der Waals surface area (Å²) >= 11 is 1.21. The van der Waals surface area contributed by atoms with Crippen LogP contribution in [-0.2, 0) is 39.6 Å². The molecule has 0 atom stereocenters. The molecule has 1 heterocycles. The van der Waals surface area contributed by atoms with Crippen LogP contribution in [0.1, 0.15) is 22.3 Å². The average molecular weight is 607 g/mol. The maximum Gasteiger partial charge on any atom is -1.00 e. The quantitative estimate of drug-likeness (QED) is 0.269. The van der Waals surface area contributed by atoms with Crippen LogP contribution < -0.4 is 31.4 Å². The largest absolute Gasteiger partial charge is 1.00 e. The van der Waals surface area contributed by atoms with Crippen LogP contribution in [0, 0.1) is 0 Å². The number of rotatable bonds is 2. The van der Waals surface area contributed by atoms with Crippen molar-refractivity contribution in [2.75, 3.05) is 0 Å². The first-order chi connectivity index (χ1) is 14.1. The summed E-state index contributed by atoms with van der Waals surface area (Å²) in [6, 6.07) is 20.2. The zero-order chi connectivity index (χ0) is 19.7. The Morgan fingerprint density at radius 3 is 2.58 bits per heavy atom. The SMILES string of the molecule is Cn1c2c(c3ccc[c]([Zr+2](=[S])[c]4cccc5c4C=CC5)c31)Cc1cc(Br)ccc1-2.[Cl-].[Cl-]. The Hall–Kier alpha value is -0.897. The van der Waals surface area contributed by atoms with E-state index < -0.39 is 19.7 Å². The number of benzene rings is 3. The molecule has 2 aliphatic rings. The van der Waals surface area contributed by atoms with Gasteiger partial charge in [0.2, 0.25) is 0 Å². The molecule has 0 saturated heterocycles. The first kappa shape index (κ1) is 23.3. The monoisotopic (exact) mass is 603 g/mol. The van der Waals surface area contributed by atoms with E-state index >= 15 is 0 Å². The summed E-state index contributed by atoms with van der Waals surface area (Å²) in [4.78, 5) is 0. The minimum absolute atomic E-state index is 0. The zero-order valence-electron chi connectivity index (χ0n) is 16.8. The summed E-state index contributed by atoms with van der Waals surface area (Å²) in [7, 11) is 8.57. The normalized spacial score (nSPS) is 12.4. The van der Waals surface area contributed by atoms with Crippen molar-refractivity contribution in [2.45, 2.75) is 12.8 Å². The number of hydrogen-bond acceptors (Lipinski definition) is 1. The van der Waals surface area contributed by atoms with E-state index in [0.29, 0.717) is 0 Å². The van der Waals surface area contributed by atoms with Gasteiger partial charge in [-0.2, -0.15) is 0 Å². The van der Waals surface area contributed by atoms with Crippen LogP contribution in [0.5, 0.6) is 0 Å². The van der Waals surface area contributed by atoms with Crippen LogP contribution >= 0.6 is 24.8 Å². The van der Waals surface area contributed by atoms with Crippen LogP contribution in [-0.4, -0.2) is 4.57 Å². The molecule has 2 aliphatic carbocycles. The third kappa shape index (κ3) is 3.50. The van der Waals surface area contributed by atoms with Gasteiger partial charge in [-0.1, -0.05) is 0 Å². The van der Waals surface area contributed by atoms with Crippen molar-refractivity contribution < 1.29 is 44.5 Å². The van der Waals surface area contributed by atoms with Gasteiger partial charge in [-0.05, 0) is 0 Å². The van der Waals surface area contributed by atoms with Gasteiger partial charge in [-0.15, -0.1) is 0 Å². The van der Waals surface area contributed by atoms with Crippen molar-refractivity contribution in [1.82, 2.24) is 4.57 Å². The summed E-state index contributed by atoms with van der Waals surface area (Å²) in [6.45, 7) is 0. The van der Waals surface area contributed by atoms with Crippen molar-refractivity contribution in [2.24, 2.45) is 7.05 Å². The van der Waals surface area contributed by atoms with Crippen LogP contribution in [0.2, 0.25) is 0 Å². The number of halogens is 3. The van der Waals surface area contributed by atoms with Crippen molar-refractivity contribution in [3.8, 4) is 11.3 Å². The second kappa shape index (κ2) is 8.80. The average Bonchev–Trinajstić information content (AvgIpc) is 3.41. The minimum atomic E-state index is -2.42. The molecule has 0 N–H and O–H groups in total. The van der Waals surface area contributed by atoms with Crippen LogP contribution in [0.4, 0.5) is 0 Å². The van der Waals surface area contributed by atoms with Crippen LogP contribution in [0.3, 0.4) is 0 Å². The Morgan fingerprint density at radius 1 is 0.968 bits per heavy atom. The summed E-state index contributed by atoms with van der Waals surface area (Å²) in [5, 5.41) is 1.39. The Labute approximate surface area is 214 Å². The van der Waals surface area contributed by atoms with Crippen molar-refractivity contribution in [3.63, 3.8) is 0 Å². The summed E-state index contributed by atoms with van der Waals surface area (Å²) in [6.07, 6.45) is 6.61. The molecule has 154 valence electrons. The topological polar surface area (TPSA) is 4.93 Å². The molecule has 6 rings (SSSR count). The fourth-order valence-electron chi connectivity index (χ4n) is 5.06. The number of aryl methyl sites for hydroxylation is 1.